The van der Waals surface area contributed by atoms with Crippen LogP contribution in [0.2, 0.25) is 0 Å². The normalized spacial score (nSPS) is 13.9. The van der Waals surface area contributed by atoms with Gasteiger partial charge >= 0.3 is 11.9 Å². The highest BCUT2D eigenvalue weighted by Crippen LogP contribution is 2.14. The summed E-state index contributed by atoms with van der Waals surface area (Å²) in [6, 6.07) is 0. The van der Waals surface area contributed by atoms with Gasteiger partial charge in [0.1, 0.15) is 13.2 Å². The molecule has 0 rings (SSSR count). The molecule has 0 spiro atoms. The average molecular weight is 1150 g/mol. The van der Waals surface area contributed by atoms with Crippen molar-refractivity contribution >= 4 is 17.9 Å². The molecule has 83 heavy (non-hydrogen) atoms. The first-order chi connectivity index (χ1) is 40.6. The van der Waals surface area contributed by atoms with Crippen molar-refractivity contribution in [1.82, 2.24) is 0 Å². The van der Waals surface area contributed by atoms with Gasteiger partial charge in [0.15, 0.2) is 12.4 Å². The summed E-state index contributed by atoms with van der Waals surface area (Å²) >= 11 is 0. The minimum Gasteiger partial charge on any atom is -0.545 e. The zero-order chi connectivity index (χ0) is 60.5. The summed E-state index contributed by atoms with van der Waals surface area (Å²) in [7, 11) is 5.90. The number of nitrogens with zero attached hydrogens (tertiary/aromatic N) is 1. The van der Waals surface area contributed by atoms with Crippen LogP contribution < -0.4 is 5.11 Å². The molecule has 2 atom stereocenters. The standard InChI is InChI=1S/C74H117NO8/c1-6-8-10-12-14-16-18-20-22-24-26-28-30-32-34-35-36-37-39-41-43-45-47-49-51-53-55-57-59-61-63-65-72(77)83-70(69-82-74(73(78)79)80-67-66-75(3,4)5)68-81-71(76)64-62-60-58-56-54-52-50-48-46-44-42-40-38-33-31-29-27-25-23-21-19-17-15-13-11-9-7-2/h8-11,14-17,20-23,26-29,32-34,36-38,41-44,47,49,70,74H,6-7,12-13,18-19,24-25,30-31,35,39-40,45-46,48,50-69H2,1-5H3/b10-8-,11-9-,16-14-,17-15-,22-20-,23-21-,28-26-,29-27-,34-32-,37-36-,38-33-,43-41-,44-42-,49-47-. The highest BCUT2D eigenvalue weighted by molar-refractivity contribution is 5.70. The summed E-state index contributed by atoms with van der Waals surface area (Å²) in [5.74, 6) is -2.34. The third-order valence-corrected chi connectivity index (χ3v) is 13.0. The van der Waals surface area contributed by atoms with E-state index in [4.69, 9.17) is 18.9 Å². The third kappa shape index (κ3) is 64.1. The van der Waals surface area contributed by atoms with Gasteiger partial charge in [-0.2, -0.15) is 0 Å². The van der Waals surface area contributed by atoms with Crippen molar-refractivity contribution in [3.8, 4) is 0 Å². The molecule has 9 heteroatoms. The van der Waals surface area contributed by atoms with Crippen LogP contribution in [0.1, 0.15) is 219 Å². The van der Waals surface area contributed by atoms with Crippen molar-refractivity contribution in [3.63, 3.8) is 0 Å². The number of aliphatic carboxylic acids is 1. The van der Waals surface area contributed by atoms with Crippen LogP contribution >= 0.6 is 0 Å². The molecule has 0 aliphatic rings. The number of likely N-dealkylation sites (N-methyl/N-ethyl adjacent to an activating group) is 1. The summed E-state index contributed by atoms with van der Waals surface area (Å²) in [6.45, 7) is 4.47. The molecule has 0 saturated carbocycles. The zero-order valence-electron chi connectivity index (χ0n) is 53.0. The fraction of sp³-hybridized carbons (Fsp3) is 0.581. The number of hydrogen-bond acceptors (Lipinski definition) is 8. The number of unbranched alkanes of at least 4 members (excludes halogenated alkanes) is 14. The minimum absolute atomic E-state index is 0.133. The largest absolute Gasteiger partial charge is 0.545 e. The number of carboxylic acids is 1. The van der Waals surface area contributed by atoms with Crippen LogP contribution in [0.25, 0.3) is 0 Å². The fourth-order valence-corrected chi connectivity index (χ4v) is 8.08. The van der Waals surface area contributed by atoms with E-state index in [0.717, 1.165) is 161 Å². The van der Waals surface area contributed by atoms with E-state index in [-0.39, 0.29) is 38.6 Å². The van der Waals surface area contributed by atoms with Gasteiger partial charge in [-0.05, 0) is 128 Å². The van der Waals surface area contributed by atoms with Crippen molar-refractivity contribution in [2.45, 2.75) is 232 Å². The van der Waals surface area contributed by atoms with Gasteiger partial charge in [0, 0.05) is 12.8 Å². The number of rotatable bonds is 57. The van der Waals surface area contributed by atoms with Crippen LogP contribution in [0.4, 0.5) is 0 Å². The Kier molecular flexibility index (Phi) is 58.6. The van der Waals surface area contributed by atoms with Gasteiger partial charge in [-0.25, -0.2) is 0 Å². The van der Waals surface area contributed by atoms with Crippen molar-refractivity contribution in [2.75, 3.05) is 47.5 Å². The van der Waals surface area contributed by atoms with E-state index in [2.05, 4.69) is 184 Å². The van der Waals surface area contributed by atoms with Gasteiger partial charge < -0.3 is 33.3 Å². The Labute approximate surface area is 507 Å². The second kappa shape index (κ2) is 62.7. The second-order valence-electron chi connectivity index (χ2n) is 21.9. The van der Waals surface area contributed by atoms with Crippen LogP contribution in [0.15, 0.2) is 170 Å². The van der Waals surface area contributed by atoms with Crippen molar-refractivity contribution in [3.05, 3.63) is 170 Å². The van der Waals surface area contributed by atoms with Gasteiger partial charge in [0.25, 0.3) is 0 Å². The van der Waals surface area contributed by atoms with E-state index >= 15 is 0 Å². The lowest BCUT2D eigenvalue weighted by atomic mass is 10.1. The maximum atomic E-state index is 12.9. The van der Waals surface area contributed by atoms with Gasteiger partial charge in [0.2, 0.25) is 0 Å². The van der Waals surface area contributed by atoms with Crippen molar-refractivity contribution < 1.29 is 42.9 Å². The molecular formula is C74H117NO8. The van der Waals surface area contributed by atoms with Crippen LogP contribution in [0, 0.1) is 0 Å². The van der Waals surface area contributed by atoms with Gasteiger partial charge in [-0.3, -0.25) is 9.59 Å². The highest BCUT2D eigenvalue weighted by atomic mass is 16.7. The molecule has 0 amide bonds. The number of esters is 2. The lowest BCUT2D eigenvalue weighted by Crippen LogP contribution is -2.44. The zero-order valence-corrected chi connectivity index (χ0v) is 53.0. The van der Waals surface area contributed by atoms with E-state index in [1.54, 1.807) is 0 Å². The van der Waals surface area contributed by atoms with Crippen LogP contribution in [0.3, 0.4) is 0 Å². The fourth-order valence-electron chi connectivity index (χ4n) is 8.08. The maximum Gasteiger partial charge on any atom is 0.306 e. The Morgan fingerprint density at radius 3 is 0.964 bits per heavy atom. The lowest BCUT2D eigenvalue weighted by Gasteiger charge is -2.26. The van der Waals surface area contributed by atoms with Crippen molar-refractivity contribution in [2.24, 2.45) is 0 Å². The minimum atomic E-state index is -1.64. The molecule has 9 nitrogen and oxygen atoms in total. The number of ether oxygens (including phenoxy) is 4. The van der Waals surface area contributed by atoms with E-state index in [9.17, 15) is 19.5 Å². The molecule has 0 radical (unpaired) electrons. The molecule has 0 aliphatic carbocycles. The summed E-state index contributed by atoms with van der Waals surface area (Å²) in [6.07, 6.45) is 91.2. The van der Waals surface area contributed by atoms with Gasteiger partial charge in [0.05, 0.1) is 40.3 Å². The first-order valence-corrected chi connectivity index (χ1v) is 32.3. The second-order valence-corrected chi connectivity index (χ2v) is 21.9. The average Bonchev–Trinajstić information content (AvgIpc) is 3.46. The predicted octanol–water partition coefficient (Wildman–Crippen LogP) is 18.6. The molecule has 0 saturated heterocycles. The smallest absolute Gasteiger partial charge is 0.306 e. The van der Waals surface area contributed by atoms with Crippen LogP contribution in [-0.2, 0) is 33.3 Å². The van der Waals surface area contributed by atoms with E-state index in [1.807, 2.05) is 21.1 Å². The quantitative estimate of drug-likeness (QED) is 0.0195. The molecule has 0 fully saturated rings. The number of carbonyl (C=O) groups is 3. The Balaban J connectivity index is 4.31. The van der Waals surface area contributed by atoms with Crippen molar-refractivity contribution in [1.29, 1.82) is 0 Å². The third-order valence-electron chi connectivity index (χ3n) is 13.0. The summed E-state index contributed by atoms with van der Waals surface area (Å²) < 4.78 is 22.7. The Hall–Kier alpha value is -5.35. The number of allylic oxidation sites excluding steroid dienone is 28. The highest BCUT2D eigenvalue weighted by Gasteiger charge is 2.22. The molecule has 0 N–H and O–H groups in total. The predicted molar refractivity (Wildman–Crippen MR) is 351 cm³/mol. The van der Waals surface area contributed by atoms with Gasteiger partial charge in [-0.15, -0.1) is 0 Å². The van der Waals surface area contributed by atoms with Crippen LogP contribution in [-0.4, -0.2) is 82.3 Å². The molecular weight excluding hydrogens is 1030 g/mol. The van der Waals surface area contributed by atoms with E-state index in [1.165, 1.54) is 25.7 Å². The summed E-state index contributed by atoms with van der Waals surface area (Å²) in [4.78, 5) is 37.4. The summed E-state index contributed by atoms with van der Waals surface area (Å²) in [5.41, 5.74) is 0. The Morgan fingerprint density at radius 1 is 0.361 bits per heavy atom. The van der Waals surface area contributed by atoms with E-state index < -0.39 is 24.3 Å². The Morgan fingerprint density at radius 2 is 0.651 bits per heavy atom. The Bertz CT molecular complexity index is 1960. The number of quaternary nitrogens is 1. The topological polar surface area (TPSA) is 111 Å². The monoisotopic (exact) mass is 1150 g/mol. The number of hydrogen-bond donors (Lipinski definition) is 0. The lowest BCUT2D eigenvalue weighted by molar-refractivity contribution is -0.870. The SMILES string of the molecule is CC/C=C\C/C=C\C/C=C\C/C=C\C/C=C\C/C=C\C/C=C\C/C=C\CCCCCCCCC(=O)OC(COC(=O)CCCCCCCCCC/C=C\C/C=C\C/C=C\C/C=C\C/C=C\C/C=C\CC)COC(OCC[N+](C)(C)C)C(=O)[O-]. The van der Waals surface area contributed by atoms with E-state index in [0.29, 0.717) is 17.4 Å². The molecule has 466 valence electrons. The number of carbonyl (C=O) groups excluding carboxylic acids is 3. The number of carboxylic acid groups (broad SMARTS) is 1. The molecule has 0 aliphatic heterocycles. The first kappa shape index (κ1) is 77.7. The molecule has 0 heterocycles. The molecule has 0 aromatic carbocycles. The molecule has 2 unspecified atom stereocenters. The molecule has 0 bridgehead atoms. The van der Waals surface area contributed by atoms with Crippen LogP contribution in [0.5, 0.6) is 0 Å². The molecule has 0 aromatic heterocycles. The molecule has 0 aromatic rings. The first-order valence-electron chi connectivity index (χ1n) is 32.3. The maximum absolute atomic E-state index is 12.9. The summed E-state index contributed by atoms with van der Waals surface area (Å²) in [5, 5.41) is 11.8. The van der Waals surface area contributed by atoms with Gasteiger partial charge in [-0.1, -0.05) is 248 Å².